The number of ether oxygens (including phenoxy) is 1. The molecule has 0 radical (unpaired) electrons. The van der Waals surface area contributed by atoms with E-state index in [2.05, 4.69) is 15.0 Å². The van der Waals surface area contributed by atoms with Crippen LogP contribution in [0, 0.1) is 6.92 Å². The molecule has 1 atom stereocenters. The maximum atomic E-state index is 13.1. The summed E-state index contributed by atoms with van der Waals surface area (Å²) < 4.78 is 5.23. The zero-order valence-electron chi connectivity index (χ0n) is 15.4. The first kappa shape index (κ1) is 17.4. The second kappa shape index (κ2) is 6.61. The second-order valence-corrected chi connectivity index (χ2v) is 6.95. The molecule has 0 saturated carbocycles. The molecule has 8 heteroatoms. The van der Waals surface area contributed by atoms with E-state index >= 15 is 0 Å². The molecule has 2 saturated heterocycles. The fraction of sp³-hybridized carbons (Fsp3) is 0.421. The van der Waals surface area contributed by atoms with E-state index in [9.17, 15) is 9.59 Å². The molecule has 8 nitrogen and oxygen atoms in total. The lowest BCUT2D eigenvalue weighted by Gasteiger charge is -2.44. The van der Waals surface area contributed by atoms with Gasteiger partial charge in [0.25, 0.3) is 5.91 Å². The van der Waals surface area contributed by atoms with Crippen molar-refractivity contribution in [1.82, 2.24) is 24.8 Å². The zero-order valence-corrected chi connectivity index (χ0v) is 15.4. The van der Waals surface area contributed by atoms with Crippen LogP contribution in [0.3, 0.4) is 0 Å². The Balaban J connectivity index is 1.57. The Kier molecular flexibility index (Phi) is 4.25. The summed E-state index contributed by atoms with van der Waals surface area (Å²) in [5, 5.41) is 0. The van der Waals surface area contributed by atoms with Gasteiger partial charge in [-0.15, -0.1) is 0 Å². The summed E-state index contributed by atoms with van der Waals surface area (Å²) in [6.45, 7) is 5.55. The first-order valence-corrected chi connectivity index (χ1v) is 9.02. The number of fused-ring (bicyclic) bond motifs is 1. The molecule has 2 aliphatic rings. The van der Waals surface area contributed by atoms with E-state index in [1.54, 1.807) is 28.4 Å². The van der Waals surface area contributed by atoms with E-state index in [4.69, 9.17) is 4.74 Å². The standard InChI is InChI=1S/C19H21N5O3/c1-3-19-11-23(7-8-24(19)18(26)27-12-19)17(25)15-10-21-16(22-13(15)2)14-5-4-6-20-9-14/h4-6,9-10H,3,7-8,11-12H2,1-2H3. The number of rotatable bonds is 3. The molecule has 2 aromatic heterocycles. The van der Waals surface area contributed by atoms with E-state index in [1.807, 2.05) is 26.0 Å². The number of piperazine rings is 1. The van der Waals surface area contributed by atoms with Gasteiger partial charge in [-0.2, -0.15) is 0 Å². The number of pyridine rings is 1. The number of aromatic nitrogens is 3. The highest BCUT2D eigenvalue weighted by Gasteiger charge is 2.50. The highest BCUT2D eigenvalue weighted by Crippen LogP contribution is 2.32. The Morgan fingerprint density at radius 1 is 1.33 bits per heavy atom. The van der Waals surface area contributed by atoms with Crippen molar-refractivity contribution < 1.29 is 14.3 Å². The molecule has 2 amide bonds. The molecule has 140 valence electrons. The normalized spacial score (nSPS) is 21.8. The molecule has 4 heterocycles. The lowest BCUT2D eigenvalue weighted by molar-refractivity contribution is 0.0360. The second-order valence-electron chi connectivity index (χ2n) is 6.95. The van der Waals surface area contributed by atoms with Crippen LogP contribution >= 0.6 is 0 Å². The molecule has 2 aromatic rings. The first-order chi connectivity index (χ1) is 13.0. The number of carbonyl (C=O) groups excluding carboxylic acids is 2. The highest BCUT2D eigenvalue weighted by molar-refractivity contribution is 5.95. The van der Waals surface area contributed by atoms with E-state index in [1.165, 1.54) is 0 Å². The Morgan fingerprint density at radius 2 is 2.19 bits per heavy atom. The number of cyclic esters (lactones) is 1. The van der Waals surface area contributed by atoms with Crippen LogP contribution in [0.4, 0.5) is 4.79 Å². The molecule has 1 unspecified atom stereocenters. The monoisotopic (exact) mass is 367 g/mol. The fourth-order valence-electron chi connectivity index (χ4n) is 3.72. The Labute approximate surface area is 157 Å². The van der Waals surface area contributed by atoms with E-state index < -0.39 is 5.54 Å². The number of amides is 2. The van der Waals surface area contributed by atoms with E-state index in [0.29, 0.717) is 43.3 Å². The van der Waals surface area contributed by atoms with E-state index in [-0.39, 0.29) is 12.0 Å². The number of nitrogens with zero attached hydrogens (tertiary/aromatic N) is 5. The summed E-state index contributed by atoms with van der Waals surface area (Å²) in [5.74, 6) is 0.429. The van der Waals surface area contributed by atoms with E-state index in [0.717, 1.165) is 12.0 Å². The average molecular weight is 367 g/mol. The first-order valence-electron chi connectivity index (χ1n) is 9.02. The minimum absolute atomic E-state index is 0.114. The topological polar surface area (TPSA) is 88.5 Å². The van der Waals surface area contributed by atoms with Gasteiger partial charge in [-0.05, 0) is 25.5 Å². The maximum absolute atomic E-state index is 13.1. The van der Waals surface area contributed by atoms with Crippen molar-refractivity contribution in [2.45, 2.75) is 25.8 Å². The summed E-state index contributed by atoms with van der Waals surface area (Å²) in [4.78, 5) is 41.5. The molecular weight excluding hydrogens is 346 g/mol. The van der Waals surface area contributed by atoms with Gasteiger partial charge in [-0.25, -0.2) is 14.8 Å². The van der Waals surface area contributed by atoms with Crippen LogP contribution in [0.15, 0.2) is 30.7 Å². The van der Waals surface area contributed by atoms with Crippen LogP contribution in [0.2, 0.25) is 0 Å². The predicted molar refractivity (Wildman–Crippen MR) is 97.0 cm³/mol. The van der Waals surface area contributed by atoms with Gasteiger partial charge in [-0.1, -0.05) is 6.92 Å². The molecule has 2 aliphatic heterocycles. The van der Waals surface area contributed by atoms with Crippen LogP contribution < -0.4 is 0 Å². The maximum Gasteiger partial charge on any atom is 0.410 e. The van der Waals surface area contributed by atoms with Gasteiger partial charge in [0.2, 0.25) is 0 Å². The average Bonchev–Trinajstić information content (AvgIpc) is 3.05. The molecule has 0 bridgehead atoms. The number of aryl methyl sites for hydroxylation is 1. The summed E-state index contributed by atoms with van der Waals surface area (Å²) >= 11 is 0. The van der Waals surface area contributed by atoms with Gasteiger partial charge in [0.05, 0.1) is 16.8 Å². The van der Waals surface area contributed by atoms with Crippen molar-refractivity contribution in [2.24, 2.45) is 0 Å². The molecule has 2 fully saturated rings. The van der Waals surface area contributed by atoms with Gasteiger partial charge in [0.15, 0.2) is 5.82 Å². The molecule has 0 spiro atoms. The zero-order chi connectivity index (χ0) is 19.0. The Morgan fingerprint density at radius 3 is 2.89 bits per heavy atom. The van der Waals surface area contributed by atoms with Gasteiger partial charge >= 0.3 is 6.09 Å². The van der Waals surface area contributed by atoms with Crippen LogP contribution in [0.5, 0.6) is 0 Å². The minimum Gasteiger partial charge on any atom is -0.447 e. The Bertz CT molecular complexity index is 888. The number of carbonyl (C=O) groups is 2. The van der Waals surface area contributed by atoms with Gasteiger partial charge in [0, 0.05) is 43.8 Å². The van der Waals surface area contributed by atoms with Crippen molar-refractivity contribution in [3.63, 3.8) is 0 Å². The number of hydrogen-bond donors (Lipinski definition) is 0. The molecule has 0 N–H and O–H groups in total. The molecule has 4 rings (SSSR count). The van der Waals surface area contributed by atoms with Gasteiger partial charge in [-0.3, -0.25) is 14.7 Å². The van der Waals surface area contributed by atoms with Crippen molar-refractivity contribution in [2.75, 3.05) is 26.2 Å². The van der Waals surface area contributed by atoms with Crippen molar-refractivity contribution in [3.05, 3.63) is 42.0 Å². The lowest BCUT2D eigenvalue weighted by atomic mass is 9.92. The summed E-state index contributed by atoms with van der Waals surface area (Å²) in [5.41, 5.74) is 1.48. The van der Waals surface area contributed by atoms with Crippen LogP contribution in [0.25, 0.3) is 11.4 Å². The van der Waals surface area contributed by atoms with Crippen molar-refractivity contribution in [1.29, 1.82) is 0 Å². The van der Waals surface area contributed by atoms with Crippen LogP contribution in [-0.2, 0) is 4.74 Å². The fourth-order valence-corrected chi connectivity index (χ4v) is 3.72. The third-order valence-corrected chi connectivity index (χ3v) is 5.41. The van der Waals surface area contributed by atoms with Crippen molar-refractivity contribution in [3.8, 4) is 11.4 Å². The third kappa shape index (κ3) is 2.90. The smallest absolute Gasteiger partial charge is 0.410 e. The minimum atomic E-state index is -0.435. The highest BCUT2D eigenvalue weighted by atomic mass is 16.6. The molecular formula is C19H21N5O3. The van der Waals surface area contributed by atoms with Crippen LogP contribution in [-0.4, -0.2) is 68.5 Å². The largest absolute Gasteiger partial charge is 0.447 e. The Hall–Kier alpha value is -3.03. The lowest BCUT2D eigenvalue weighted by Crippen LogP contribution is -2.62. The quantitative estimate of drug-likeness (QED) is 0.823. The number of hydrogen-bond acceptors (Lipinski definition) is 6. The molecule has 27 heavy (non-hydrogen) atoms. The molecule has 0 aliphatic carbocycles. The third-order valence-electron chi connectivity index (χ3n) is 5.41. The van der Waals surface area contributed by atoms with Gasteiger partial charge in [0.1, 0.15) is 6.61 Å². The predicted octanol–water partition coefficient (Wildman–Crippen LogP) is 1.90. The van der Waals surface area contributed by atoms with Crippen molar-refractivity contribution >= 4 is 12.0 Å². The summed E-state index contributed by atoms with van der Waals surface area (Å²) in [6, 6.07) is 3.70. The van der Waals surface area contributed by atoms with Crippen LogP contribution in [0.1, 0.15) is 29.4 Å². The molecule has 0 aromatic carbocycles. The SMILES string of the molecule is CCC12COC(=O)N1CCN(C(=O)c1cnc(-c3cccnc3)nc1C)C2. The summed E-state index contributed by atoms with van der Waals surface area (Å²) in [6.07, 6.45) is 5.41. The van der Waals surface area contributed by atoms with Gasteiger partial charge < -0.3 is 9.64 Å². The summed E-state index contributed by atoms with van der Waals surface area (Å²) in [7, 11) is 0.